The molecule has 1 saturated heterocycles. The van der Waals surface area contributed by atoms with E-state index in [-0.39, 0.29) is 54.6 Å². The minimum absolute atomic E-state index is 0.0571. The van der Waals surface area contributed by atoms with Gasteiger partial charge in [0.05, 0.1) is 6.54 Å². The molecule has 4 amide bonds. The Bertz CT molecular complexity index is 633. The maximum Gasteiger partial charge on any atom is 0.246 e. The number of likely N-dealkylation sites (tertiary alicyclic amines) is 1. The Labute approximate surface area is 179 Å². The van der Waals surface area contributed by atoms with Crippen molar-refractivity contribution < 1.29 is 19.2 Å². The van der Waals surface area contributed by atoms with E-state index < -0.39 is 12.1 Å². The van der Waals surface area contributed by atoms with E-state index in [1.54, 1.807) is 32.8 Å². The van der Waals surface area contributed by atoms with Crippen LogP contribution in [-0.2, 0) is 19.2 Å². The first-order valence-electron chi connectivity index (χ1n) is 11.0. The van der Waals surface area contributed by atoms with Crippen LogP contribution in [0.25, 0.3) is 0 Å². The molecule has 9 heteroatoms. The Morgan fingerprint density at radius 1 is 1.03 bits per heavy atom. The fourth-order valence-corrected chi connectivity index (χ4v) is 4.38. The SMILES string of the molecule is CNCC(=O)N[C@H](C(=O)N1CC(NC(=O)C(C)C)CC1C(=O)NC)C1CCCCC1. The van der Waals surface area contributed by atoms with Crippen LogP contribution >= 0.6 is 0 Å². The normalized spacial score (nSPS) is 23.2. The molecule has 170 valence electrons. The number of likely N-dealkylation sites (N-methyl/N-ethyl adjacent to an activating group) is 2. The van der Waals surface area contributed by atoms with Crippen LogP contribution in [0.15, 0.2) is 0 Å². The van der Waals surface area contributed by atoms with Gasteiger partial charge in [-0.25, -0.2) is 0 Å². The van der Waals surface area contributed by atoms with Gasteiger partial charge in [-0.3, -0.25) is 19.2 Å². The lowest BCUT2D eigenvalue weighted by atomic mass is 9.83. The molecule has 1 saturated carbocycles. The summed E-state index contributed by atoms with van der Waals surface area (Å²) < 4.78 is 0. The minimum atomic E-state index is -0.660. The zero-order valence-corrected chi connectivity index (χ0v) is 18.6. The second kappa shape index (κ2) is 11.3. The van der Waals surface area contributed by atoms with Crippen LogP contribution < -0.4 is 21.3 Å². The molecule has 4 N–H and O–H groups in total. The molecule has 30 heavy (non-hydrogen) atoms. The van der Waals surface area contributed by atoms with E-state index in [0.717, 1.165) is 32.1 Å². The standard InChI is InChI=1S/C21H37N5O4/c1-13(2)19(28)24-15-10-16(20(29)23-4)26(12-15)21(30)18(25-17(27)11-22-3)14-8-6-5-7-9-14/h13-16,18,22H,5-12H2,1-4H3,(H,23,29)(H,24,28)(H,25,27)/t15?,16?,18-/m0/s1. The van der Waals surface area contributed by atoms with Gasteiger partial charge in [0.15, 0.2) is 0 Å². The Kier molecular flexibility index (Phi) is 9.08. The lowest BCUT2D eigenvalue weighted by Gasteiger charge is -2.34. The zero-order valence-electron chi connectivity index (χ0n) is 18.6. The van der Waals surface area contributed by atoms with Gasteiger partial charge in [0, 0.05) is 25.6 Å². The maximum atomic E-state index is 13.6. The van der Waals surface area contributed by atoms with Gasteiger partial charge in [0.2, 0.25) is 23.6 Å². The molecule has 3 atom stereocenters. The van der Waals surface area contributed by atoms with Crippen molar-refractivity contribution in [2.24, 2.45) is 11.8 Å². The van der Waals surface area contributed by atoms with Gasteiger partial charge in [-0.1, -0.05) is 33.1 Å². The van der Waals surface area contributed by atoms with Crippen LogP contribution in [0.4, 0.5) is 0 Å². The van der Waals surface area contributed by atoms with E-state index in [0.29, 0.717) is 6.42 Å². The van der Waals surface area contributed by atoms with Gasteiger partial charge in [0.1, 0.15) is 12.1 Å². The van der Waals surface area contributed by atoms with E-state index >= 15 is 0 Å². The van der Waals surface area contributed by atoms with Gasteiger partial charge in [0.25, 0.3) is 0 Å². The second-order valence-electron chi connectivity index (χ2n) is 8.69. The molecule has 2 fully saturated rings. The third-order valence-electron chi connectivity index (χ3n) is 6.05. The van der Waals surface area contributed by atoms with Crippen molar-refractivity contribution in [1.29, 1.82) is 0 Å². The fraction of sp³-hybridized carbons (Fsp3) is 0.810. The Morgan fingerprint density at radius 3 is 2.27 bits per heavy atom. The lowest BCUT2D eigenvalue weighted by molar-refractivity contribution is -0.142. The highest BCUT2D eigenvalue weighted by molar-refractivity contribution is 5.93. The number of hydrogen-bond acceptors (Lipinski definition) is 5. The molecule has 1 aliphatic carbocycles. The fourth-order valence-electron chi connectivity index (χ4n) is 4.38. The molecule has 0 aromatic carbocycles. The predicted octanol–water partition coefficient (Wildman–Crippen LogP) is -0.241. The van der Waals surface area contributed by atoms with Crippen LogP contribution in [-0.4, -0.2) is 73.8 Å². The summed E-state index contributed by atoms with van der Waals surface area (Å²) in [5, 5.41) is 11.3. The summed E-state index contributed by atoms with van der Waals surface area (Å²) in [6, 6.07) is -1.60. The first-order chi connectivity index (χ1) is 14.3. The van der Waals surface area contributed by atoms with E-state index in [4.69, 9.17) is 0 Å². The van der Waals surface area contributed by atoms with Crippen LogP contribution in [0.5, 0.6) is 0 Å². The molecule has 0 radical (unpaired) electrons. The van der Waals surface area contributed by atoms with Crippen molar-refractivity contribution in [2.45, 2.75) is 70.5 Å². The van der Waals surface area contributed by atoms with Crippen molar-refractivity contribution in [3.63, 3.8) is 0 Å². The number of carbonyl (C=O) groups is 4. The molecule has 0 aromatic rings. The molecule has 0 aromatic heterocycles. The van der Waals surface area contributed by atoms with Crippen LogP contribution in [0.2, 0.25) is 0 Å². The summed E-state index contributed by atoms with van der Waals surface area (Å²) in [5.41, 5.74) is 0. The monoisotopic (exact) mass is 423 g/mol. The molecular weight excluding hydrogens is 386 g/mol. The smallest absolute Gasteiger partial charge is 0.246 e. The predicted molar refractivity (Wildman–Crippen MR) is 113 cm³/mol. The number of nitrogens with zero attached hydrogens (tertiary/aromatic N) is 1. The van der Waals surface area contributed by atoms with Crippen molar-refractivity contribution in [3.05, 3.63) is 0 Å². The molecular formula is C21H37N5O4. The summed E-state index contributed by atoms with van der Waals surface area (Å²) in [7, 11) is 3.22. The minimum Gasteiger partial charge on any atom is -0.357 e. The number of amides is 4. The average molecular weight is 424 g/mol. The van der Waals surface area contributed by atoms with Crippen molar-refractivity contribution in [2.75, 3.05) is 27.2 Å². The average Bonchev–Trinajstić information content (AvgIpc) is 3.15. The number of rotatable bonds is 8. The number of carbonyl (C=O) groups excluding carboxylic acids is 4. The summed E-state index contributed by atoms with van der Waals surface area (Å²) in [6.07, 6.45) is 5.32. The van der Waals surface area contributed by atoms with Gasteiger partial charge in [-0.2, -0.15) is 0 Å². The topological polar surface area (TPSA) is 120 Å². The maximum absolute atomic E-state index is 13.6. The summed E-state index contributed by atoms with van der Waals surface area (Å²) in [4.78, 5) is 52.1. The molecule has 1 aliphatic heterocycles. The third-order valence-corrected chi connectivity index (χ3v) is 6.05. The second-order valence-corrected chi connectivity index (χ2v) is 8.69. The first-order valence-corrected chi connectivity index (χ1v) is 11.0. The molecule has 0 spiro atoms. The van der Waals surface area contributed by atoms with Crippen LogP contribution in [0.3, 0.4) is 0 Å². The van der Waals surface area contributed by atoms with Gasteiger partial charge < -0.3 is 26.2 Å². The molecule has 2 aliphatic rings. The highest BCUT2D eigenvalue weighted by Crippen LogP contribution is 2.29. The number of nitrogens with one attached hydrogen (secondary N) is 4. The van der Waals surface area contributed by atoms with E-state index in [1.807, 2.05) is 0 Å². The lowest BCUT2D eigenvalue weighted by Crippen LogP contribution is -2.57. The molecule has 0 bridgehead atoms. The molecule has 2 rings (SSSR count). The van der Waals surface area contributed by atoms with Crippen LogP contribution in [0, 0.1) is 11.8 Å². The van der Waals surface area contributed by atoms with Gasteiger partial charge in [-0.05, 0) is 32.2 Å². The van der Waals surface area contributed by atoms with Crippen molar-refractivity contribution in [3.8, 4) is 0 Å². The van der Waals surface area contributed by atoms with Crippen molar-refractivity contribution >= 4 is 23.6 Å². The Balaban J connectivity index is 2.21. The highest BCUT2D eigenvalue weighted by Gasteiger charge is 2.44. The highest BCUT2D eigenvalue weighted by atomic mass is 16.2. The van der Waals surface area contributed by atoms with Crippen LogP contribution in [0.1, 0.15) is 52.4 Å². The van der Waals surface area contributed by atoms with Gasteiger partial charge >= 0.3 is 0 Å². The molecule has 1 heterocycles. The van der Waals surface area contributed by atoms with E-state index in [2.05, 4.69) is 21.3 Å². The van der Waals surface area contributed by atoms with Crippen molar-refractivity contribution in [1.82, 2.24) is 26.2 Å². The summed E-state index contributed by atoms with van der Waals surface area (Å²) in [5.74, 6) is -0.946. The summed E-state index contributed by atoms with van der Waals surface area (Å²) in [6.45, 7) is 4.00. The third kappa shape index (κ3) is 6.17. The van der Waals surface area contributed by atoms with E-state index in [9.17, 15) is 19.2 Å². The molecule has 9 nitrogen and oxygen atoms in total. The molecule has 2 unspecified atom stereocenters. The zero-order chi connectivity index (χ0) is 22.3. The largest absolute Gasteiger partial charge is 0.357 e. The first kappa shape index (κ1) is 24.1. The number of hydrogen-bond donors (Lipinski definition) is 4. The van der Waals surface area contributed by atoms with Gasteiger partial charge in [-0.15, -0.1) is 0 Å². The quantitative estimate of drug-likeness (QED) is 0.430. The Morgan fingerprint density at radius 2 is 1.70 bits per heavy atom. The van der Waals surface area contributed by atoms with E-state index in [1.165, 1.54) is 0 Å². The Hall–Kier alpha value is -2.16. The summed E-state index contributed by atoms with van der Waals surface area (Å²) >= 11 is 0.